The average Bonchev–Trinajstić information content (AvgIpc) is 2.98. The first kappa shape index (κ1) is 20.7. The maximum absolute atomic E-state index is 11.2. The Morgan fingerprint density at radius 3 is 2.39 bits per heavy atom. The fraction of sp³-hybridized carbons (Fsp3) is 0.958. The normalized spacial score (nSPS) is 51.7. The van der Waals surface area contributed by atoms with Gasteiger partial charge in [-0.05, 0) is 104 Å². The molecule has 0 radical (unpaired) electrons. The van der Waals surface area contributed by atoms with Crippen molar-refractivity contribution in [2.24, 2.45) is 46.3 Å². The lowest BCUT2D eigenvalue weighted by Gasteiger charge is -2.62. The Balaban J connectivity index is 1.55. The molecule has 160 valence electrons. The molecule has 0 aromatic rings. The minimum atomic E-state index is -0.684. The van der Waals surface area contributed by atoms with E-state index >= 15 is 0 Å². The molecule has 4 saturated carbocycles. The minimum Gasteiger partial charge on any atom is -0.481 e. The van der Waals surface area contributed by atoms with Gasteiger partial charge in [0.2, 0.25) is 0 Å². The predicted molar refractivity (Wildman–Crippen MR) is 109 cm³/mol. The molecule has 0 aromatic heterocycles. The molecule has 0 bridgehead atoms. The highest BCUT2D eigenvalue weighted by molar-refractivity contribution is 5.66. The molecular weight excluding hydrogens is 352 g/mol. The van der Waals surface area contributed by atoms with Crippen LogP contribution in [0.15, 0.2) is 0 Å². The van der Waals surface area contributed by atoms with Gasteiger partial charge in [-0.3, -0.25) is 4.79 Å². The molecule has 4 nitrogen and oxygen atoms in total. The Morgan fingerprint density at radius 2 is 1.68 bits per heavy atom. The van der Waals surface area contributed by atoms with E-state index in [0.29, 0.717) is 35.5 Å². The van der Waals surface area contributed by atoms with Crippen LogP contribution in [0.2, 0.25) is 0 Å². The lowest BCUT2D eigenvalue weighted by molar-refractivity contribution is -0.174. The summed E-state index contributed by atoms with van der Waals surface area (Å²) >= 11 is 0. The molecule has 0 aromatic carbocycles. The molecule has 4 aliphatic carbocycles. The molecule has 4 heteroatoms. The highest BCUT2D eigenvalue weighted by Crippen LogP contribution is 2.68. The monoisotopic (exact) mass is 392 g/mol. The smallest absolute Gasteiger partial charge is 0.303 e. The van der Waals surface area contributed by atoms with E-state index in [9.17, 15) is 15.0 Å². The zero-order valence-electron chi connectivity index (χ0n) is 17.9. The van der Waals surface area contributed by atoms with Crippen molar-refractivity contribution in [3.05, 3.63) is 0 Å². The fourth-order valence-electron chi connectivity index (χ4n) is 8.73. The van der Waals surface area contributed by atoms with Gasteiger partial charge in [-0.25, -0.2) is 0 Å². The second kappa shape index (κ2) is 7.27. The number of carboxylic acid groups (broad SMARTS) is 1. The van der Waals surface area contributed by atoms with Gasteiger partial charge in [-0.15, -0.1) is 0 Å². The number of hydrogen-bond donors (Lipinski definition) is 3. The molecule has 0 saturated heterocycles. The van der Waals surface area contributed by atoms with Crippen LogP contribution in [0.25, 0.3) is 0 Å². The van der Waals surface area contributed by atoms with Crippen molar-refractivity contribution in [2.45, 2.75) is 97.2 Å². The molecule has 0 amide bonds. The van der Waals surface area contributed by atoms with E-state index in [-0.39, 0.29) is 29.5 Å². The Morgan fingerprint density at radius 1 is 1.00 bits per heavy atom. The SMILES string of the molecule is C[C@H](CCC(=O)O)[C@H]1CC[C@H]2C3[C@H](O)C[C@@H]4C[C@H](O)CC[C@]4(C)[C@H]3CC[C@]12C. The predicted octanol–water partition coefficient (Wildman–Crippen LogP) is 4.48. The lowest BCUT2D eigenvalue weighted by atomic mass is 9.43. The molecule has 4 aliphatic rings. The Kier molecular flexibility index (Phi) is 5.36. The Labute approximate surface area is 170 Å². The van der Waals surface area contributed by atoms with Gasteiger partial charge < -0.3 is 15.3 Å². The standard InChI is InChI=1S/C24H40O4/c1-14(4-7-21(27)28)17-5-6-18-22-19(9-11-24(17,18)3)23(2)10-8-16(25)12-15(23)13-20(22)26/h14-20,22,25-26H,4-13H2,1-3H3,(H,27,28)/t14-,15+,16-,17-,18+,19+,20-,22?,23+,24-/m1/s1. The van der Waals surface area contributed by atoms with Crippen molar-refractivity contribution < 1.29 is 20.1 Å². The van der Waals surface area contributed by atoms with Gasteiger partial charge in [-0.1, -0.05) is 20.8 Å². The van der Waals surface area contributed by atoms with Crippen LogP contribution in [0.3, 0.4) is 0 Å². The van der Waals surface area contributed by atoms with Gasteiger partial charge in [0.25, 0.3) is 0 Å². The van der Waals surface area contributed by atoms with Crippen LogP contribution in [0.5, 0.6) is 0 Å². The van der Waals surface area contributed by atoms with Gasteiger partial charge in [0.05, 0.1) is 12.2 Å². The van der Waals surface area contributed by atoms with Crippen LogP contribution in [0.1, 0.15) is 85.0 Å². The molecular formula is C24H40O4. The van der Waals surface area contributed by atoms with E-state index in [0.717, 1.165) is 32.1 Å². The van der Waals surface area contributed by atoms with Crippen molar-refractivity contribution >= 4 is 5.97 Å². The summed E-state index contributed by atoms with van der Waals surface area (Å²) in [7, 11) is 0. The molecule has 3 N–H and O–H groups in total. The largest absolute Gasteiger partial charge is 0.481 e. The summed E-state index contributed by atoms with van der Waals surface area (Å²) in [5.41, 5.74) is 0.523. The van der Waals surface area contributed by atoms with E-state index < -0.39 is 5.97 Å². The first-order chi connectivity index (χ1) is 13.2. The minimum absolute atomic E-state index is 0.179. The molecule has 10 atom stereocenters. The van der Waals surface area contributed by atoms with Gasteiger partial charge in [0.1, 0.15) is 0 Å². The van der Waals surface area contributed by atoms with Gasteiger partial charge in [-0.2, -0.15) is 0 Å². The third-order valence-corrected chi connectivity index (χ3v) is 10.2. The number of aliphatic carboxylic acids is 1. The third-order valence-electron chi connectivity index (χ3n) is 10.2. The quantitative estimate of drug-likeness (QED) is 0.659. The fourth-order valence-corrected chi connectivity index (χ4v) is 8.73. The van der Waals surface area contributed by atoms with E-state index in [1.165, 1.54) is 25.7 Å². The Hall–Kier alpha value is -0.610. The van der Waals surface area contributed by atoms with Crippen molar-refractivity contribution in [1.82, 2.24) is 0 Å². The van der Waals surface area contributed by atoms with E-state index in [4.69, 9.17) is 5.11 Å². The summed E-state index contributed by atoms with van der Waals surface area (Å²) < 4.78 is 0. The first-order valence-electron chi connectivity index (χ1n) is 11.7. The summed E-state index contributed by atoms with van der Waals surface area (Å²) in [4.78, 5) is 11.1. The number of carbonyl (C=O) groups is 1. The van der Waals surface area contributed by atoms with E-state index in [2.05, 4.69) is 20.8 Å². The maximum Gasteiger partial charge on any atom is 0.303 e. The van der Waals surface area contributed by atoms with E-state index in [1.54, 1.807) is 0 Å². The zero-order chi connectivity index (χ0) is 20.3. The number of carboxylic acids is 1. The highest BCUT2D eigenvalue weighted by atomic mass is 16.4. The molecule has 0 heterocycles. The molecule has 0 aliphatic heterocycles. The number of fused-ring (bicyclic) bond motifs is 5. The van der Waals surface area contributed by atoms with Crippen molar-refractivity contribution in [3.63, 3.8) is 0 Å². The van der Waals surface area contributed by atoms with Crippen molar-refractivity contribution in [1.29, 1.82) is 0 Å². The number of aliphatic hydroxyl groups is 2. The van der Waals surface area contributed by atoms with Crippen LogP contribution in [0, 0.1) is 46.3 Å². The van der Waals surface area contributed by atoms with Crippen LogP contribution < -0.4 is 0 Å². The maximum atomic E-state index is 11.2. The summed E-state index contributed by atoms with van der Waals surface area (Å²) in [6.07, 6.45) is 9.19. The van der Waals surface area contributed by atoms with Crippen LogP contribution in [-0.4, -0.2) is 33.5 Å². The first-order valence-corrected chi connectivity index (χ1v) is 11.7. The zero-order valence-corrected chi connectivity index (χ0v) is 17.9. The number of aliphatic hydroxyl groups excluding tert-OH is 2. The summed E-state index contributed by atoms with van der Waals surface area (Å²) in [6, 6.07) is 0. The van der Waals surface area contributed by atoms with Crippen LogP contribution in [-0.2, 0) is 4.79 Å². The molecule has 4 rings (SSSR count). The van der Waals surface area contributed by atoms with Crippen LogP contribution in [0.4, 0.5) is 0 Å². The second-order valence-electron chi connectivity index (χ2n) is 11.4. The summed E-state index contributed by atoms with van der Waals surface area (Å²) in [6.45, 7) is 7.16. The summed E-state index contributed by atoms with van der Waals surface area (Å²) in [5, 5.41) is 30.5. The van der Waals surface area contributed by atoms with Crippen LogP contribution >= 0.6 is 0 Å². The molecule has 28 heavy (non-hydrogen) atoms. The molecule has 4 fully saturated rings. The van der Waals surface area contributed by atoms with Crippen molar-refractivity contribution in [3.8, 4) is 0 Å². The highest BCUT2D eigenvalue weighted by Gasteiger charge is 2.62. The van der Waals surface area contributed by atoms with Crippen molar-refractivity contribution in [2.75, 3.05) is 0 Å². The average molecular weight is 393 g/mol. The molecule has 0 spiro atoms. The Bertz CT molecular complexity index is 605. The van der Waals surface area contributed by atoms with Gasteiger partial charge in [0.15, 0.2) is 0 Å². The van der Waals surface area contributed by atoms with Gasteiger partial charge in [0, 0.05) is 6.42 Å². The van der Waals surface area contributed by atoms with Gasteiger partial charge >= 0.3 is 5.97 Å². The number of hydrogen-bond acceptors (Lipinski definition) is 3. The number of rotatable bonds is 4. The lowest BCUT2D eigenvalue weighted by Crippen LogP contribution is -2.58. The second-order valence-corrected chi connectivity index (χ2v) is 11.4. The topological polar surface area (TPSA) is 77.8 Å². The summed E-state index contributed by atoms with van der Waals surface area (Å²) in [5.74, 6) is 2.36. The van der Waals surface area contributed by atoms with E-state index in [1.807, 2.05) is 0 Å². The molecule has 1 unspecified atom stereocenters. The third kappa shape index (κ3) is 3.14.